The minimum Gasteiger partial charge on any atom is -0.396 e. The van der Waals surface area contributed by atoms with Gasteiger partial charge < -0.3 is 5.11 Å². The second kappa shape index (κ2) is 5.13. The number of hydrogen-bond acceptors (Lipinski definition) is 3. The maximum absolute atomic E-state index is 12.4. The van der Waals surface area contributed by atoms with Crippen LogP contribution in [0.2, 0.25) is 0 Å². The Labute approximate surface area is 113 Å². The van der Waals surface area contributed by atoms with Gasteiger partial charge in [0, 0.05) is 12.6 Å². The molecule has 2 amide bonds. The lowest BCUT2D eigenvalue weighted by molar-refractivity contribution is 0.0583. The number of imide groups is 1. The van der Waals surface area contributed by atoms with Crippen LogP contribution in [0.3, 0.4) is 0 Å². The van der Waals surface area contributed by atoms with Crippen molar-refractivity contribution in [2.75, 3.05) is 6.61 Å². The van der Waals surface area contributed by atoms with E-state index in [2.05, 4.69) is 0 Å². The predicted molar refractivity (Wildman–Crippen MR) is 72.2 cm³/mol. The van der Waals surface area contributed by atoms with Gasteiger partial charge in [-0.3, -0.25) is 14.5 Å². The highest BCUT2D eigenvalue weighted by Crippen LogP contribution is 2.30. The van der Waals surface area contributed by atoms with Crippen LogP contribution in [0.1, 0.15) is 51.6 Å². The highest BCUT2D eigenvalue weighted by Gasteiger charge is 2.40. The number of nitrogens with zero attached hydrogens (tertiary/aromatic N) is 1. The number of fused-ring (bicyclic) bond motifs is 1. The largest absolute Gasteiger partial charge is 0.396 e. The van der Waals surface area contributed by atoms with Crippen LogP contribution in [-0.4, -0.2) is 34.5 Å². The summed E-state index contributed by atoms with van der Waals surface area (Å²) in [6.45, 7) is 5.63. The van der Waals surface area contributed by atoms with Crippen LogP contribution in [-0.2, 0) is 0 Å². The number of carbonyl (C=O) groups is 2. The molecule has 0 radical (unpaired) electrons. The van der Waals surface area contributed by atoms with E-state index in [0.29, 0.717) is 24.0 Å². The molecule has 1 unspecified atom stereocenters. The van der Waals surface area contributed by atoms with Crippen molar-refractivity contribution in [3.8, 4) is 0 Å². The molecule has 0 spiro atoms. The Morgan fingerprint density at radius 2 is 1.58 bits per heavy atom. The van der Waals surface area contributed by atoms with Gasteiger partial charge in [0.1, 0.15) is 0 Å². The van der Waals surface area contributed by atoms with Gasteiger partial charge in [0.05, 0.1) is 11.1 Å². The molecule has 0 aliphatic carbocycles. The monoisotopic (exact) mass is 261 g/mol. The molecule has 1 atom stereocenters. The molecule has 1 aliphatic rings. The number of rotatable bonds is 4. The standard InChI is InChI=1S/C15H19NO3/c1-9-6-7-10(2)13-12(9)14(18)16(15(13)19)11(3)5-4-8-17/h6-7,11,17H,4-5,8H2,1-3H3. The molecule has 0 bridgehead atoms. The molecule has 4 nitrogen and oxygen atoms in total. The lowest BCUT2D eigenvalue weighted by Gasteiger charge is -2.22. The summed E-state index contributed by atoms with van der Waals surface area (Å²) in [5.41, 5.74) is 2.77. The molecular weight excluding hydrogens is 242 g/mol. The molecule has 1 aliphatic heterocycles. The van der Waals surface area contributed by atoms with E-state index < -0.39 is 0 Å². The van der Waals surface area contributed by atoms with Crippen molar-refractivity contribution < 1.29 is 14.7 Å². The van der Waals surface area contributed by atoms with E-state index in [9.17, 15) is 9.59 Å². The molecule has 0 saturated heterocycles. The van der Waals surface area contributed by atoms with Gasteiger partial charge in [-0.1, -0.05) is 12.1 Å². The highest BCUT2D eigenvalue weighted by atomic mass is 16.3. The first-order valence-corrected chi connectivity index (χ1v) is 6.58. The number of carbonyl (C=O) groups excluding carboxylic acids is 2. The summed E-state index contributed by atoms with van der Waals surface area (Å²) in [5.74, 6) is -0.404. The van der Waals surface area contributed by atoms with Crippen molar-refractivity contribution in [1.82, 2.24) is 4.90 Å². The first kappa shape index (κ1) is 13.7. The molecule has 1 heterocycles. The zero-order chi connectivity index (χ0) is 14.2. The fourth-order valence-electron chi connectivity index (χ4n) is 2.61. The first-order chi connectivity index (χ1) is 8.99. The predicted octanol–water partition coefficient (Wildman–Crippen LogP) is 2.06. The Kier molecular flexibility index (Phi) is 3.71. The number of amides is 2. The van der Waals surface area contributed by atoms with Gasteiger partial charge >= 0.3 is 0 Å². The van der Waals surface area contributed by atoms with E-state index in [-0.39, 0.29) is 24.5 Å². The summed E-state index contributed by atoms with van der Waals surface area (Å²) < 4.78 is 0. The molecule has 2 rings (SSSR count). The molecule has 1 N–H and O–H groups in total. The number of aryl methyl sites for hydroxylation is 2. The molecule has 1 aromatic rings. The Balaban J connectivity index is 2.39. The molecular formula is C15H19NO3. The minimum atomic E-state index is -0.202. The van der Waals surface area contributed by atoms with Gasteiger partial charge in [-0.25, -0.2) is 0 Å². The Hall–Kier alpha value is -1.68. The van der Waals surface area contributed by atoms with E-state index in [4.69, 9.17) is 5.11 Å². The fraction of sp³-hybridized carbons (Fsp3) is 0.467. The average Bonchev–Trinajstić information content (AvgIpc) is 2.64. The second-order valence-electron chi connectivity index (χ2n) is 5.14. The minimum absolute atomic E-state index is 0.0750. The van der Waals surface area contributed by atoms with Gasteiger partial charge in [-0.05, 0) is 44.7 Å². The van der Waals surface area contributed by atoms with Crippen molar-refractivity contribution in [2.45, 2.75) is 39.7 Å². The lowest BCUT2D eigenvalue weighted by atomic mass is 9.99. The summed E-state index contributed by atoms with van der Waals surface area (Å²) in [5, 5.41) is 8.86. The quantitative estimate of drug-likeness (QED) is 0.844. The van der Waals surface area contributed by atoms with Crippen molar-refractivity contribution in [3.63, 3.8) is 0 Å². The van der Waals surface area contributed by atoms with Gasteiger partial charge in [-0.15, -0.1) is 0 Å². The van der Waals surface area contributed by atoms with Crippen molar-refractivity contribution in [3.05, 3.63) is 34.4 Å². The summed E-state index contributed by atoms with van der Waals surface area (Å²) in [7, 11) is 0. The average molecular weight is 261 g/mol. The van der Waals surface area contributed by atoms with Gasteiger partial charge in [0.2, 0.25) is 0 Å². The lowest BCUT2D eigenvalue weighted by Crippen LogP contribution is -2.38. The van der Waals surface area contributed by atoms with Crippen molar-refractivity contribution in [1.29, 1.82) is 0 Å². The SMILES string of the molecule is Cc1ccc(C)c2c1C(=O)N(C(C)CCCO)C2=O. The third-order valence-electron chi connectivity index (χ3n) is 3.71. The Bertz CT molecular complexity index is 495. The number of benzene rings is 1. The van der Waals surface area contributed by atoms with Crippen LogP contribution in [0.4, 0.5) is 0 Å². The van der Waals surface area contributed by atoms with Crippen LogP contribution >= 0.6 is 0 Å². The first-order valence-electron chi connectivity index (χ1n) is 6.58. The molecule has 19 heavy (non-hydrogen) atoms. The molecule has 4 heteroatoms. The van der Waals surface area contributed by atoms with Gasteiger partial charge in [0.15, 0.2) is 0 Å². The van der Waals surface area contributed by atoms with Crippen molar-refractivity contribution >= 4 is 11.8 Å². The van der Waals surface area contributed by atoms with Crippen LogP contribution < -0.4 is 0 Å². The maximum Gasteiger partial charge on any atom is 0.262 e. The highest BCUT2D eigenvalue weighted by molar-refractivity contribution is 6.22. The Morgan fingerprint density at radius 3 is 2.00 bits per heavy atom. The van der Waals surface area contributed by atoms with Crippen LogP contribution in [0.15, 0.2) is 12.1 Å². The molecule has 0 aromatic heterocycles. The second-order valence-corrected chi connectivity index (χ2v) is 5.14. The zero-order valence-corrected chi connectivity index (χ0v) is 11.6. The summed E-state index contributed by atoms with van der Waals surface area (Å²) in [6.07, 6.45) is 1.21. The zero-order valence-electron chi connectivity index (χ0n) is 11.6. The van der Waals surface area contributed by atoms with E-state index in [1.165, 1.54) is 4.90 Å². The topological polar surface area (TPSA) is 57.6 Å². The van der Waals surface area contributed by atoms with Gasteiger partial charge in [-0.2, -0.15) is 0 Å². The molecule has 0 fully saturated rings. The van der Waals surface area contributed by atoms with Gasteiger partial charge in [0.25, 0.3) is 11.8 Å². The maximum atomic E-state index is 12.4. The van der Waals surface area contributed by atoms with E-state index in [1.54, 1.807) is 0 Å². The molecule has 102 valence electrons. The number of aliphatic hydroxyl groups excluding tert-OH is 1. The number of aliphatic hydroxyl groups is 1. The van der Waals surface area contributed by atoms with E-state index in [1.807, 2.05) is 32.9 Å². The normalized spacial score (nSPS) is 15.9. The van der Waals surface area contributed by atoms with E-state index in [0.717, 1.165) is 11.1 Å². The Morgan fingerprint density at radius 1 is 1.11 bits per heavy atom. The van der Waals surface area contributed by atoms with Crippen LogP contribution in [0.25, 0.3) is 0 Å². The van der Waals surface area contributed by atoms with Crippen LogP contribution in [0.5, 0.6) is 0 Å². The number of hydrogen-bond donors (Lipinski definition) is 1. The van der Waals surface area contributed by atoms with Crippen LogP contribution in [0, 0.1) is 13.8 Å². The summed E-state index contributed by atoms with van der Waals surface area (Å²) >= 11 is 0. The summed E-state index contributed by atoms with van der Waals surface area (Å²) in [4.78, 5) is 26.2. The molecule has 1 aromatic carbocycles. The molecule has 0 saturated carbocycles. The summed E-state index contributed by atoms with van der Waals surface area (Å²) in [6, 6.07) is 3.57. The van der Waals surface area contributed by atoms with Crippen molar-refractivity contribution in [2.24, 2.45) is 0 Å². The third-order valence-corrected chi connectivity index (χ3v) is 3.71. The van der Waals surface area contributed by atoms with E-state index >= 15 is 0 Å². The fourth-order valence-corrected chi connectivity index (χ4v) is 2.61. The smallest absolute Gasteiger partial charge is 0.262 e. The third kappa shape index (κ3) is 2.16.